The Balaban J connectivity index is 2.25. The molecule has 1 saturated heterocycles. The van der Waals surface area contributed by atoms with E-state index in [-0.39, 0.29) is 0 Å². The molecule has 0 spiro atoms. The third-order valence-corrected chi connectivity index (χ3v) is 4.67. The molecule has 0 radical (unpaired) electrons. The first kappa shape index (κ1) is 16.8. The number of ether oxygens (including phenoxy) is 3. The highest BCUT2D eigenvalue weighted by atomic mass is 32.1. The molecule has 1 aliphatic rings. The van der Waals surface area contributed by atoms with Crippen molar-refractivity contribution in [3.05, 3.63) is 17.7 Å². The molecule has 1 N–H and O–H groups in total. The number of quaternary nitrogens is 1. The van der Waals surface area contributed by atoms with Crippen LogP contribution >= 0.6 is 12.2 Å². The SMILES string of the molecule is CC[NH+]1CCN(C(=S)c2cc(OC)c(OC)cc2OC)CC1. The molecule has 22 heavy (non-hydrogen) atoms. The summed E-state index contributed by atoms with van der Waals surface area (Å²) in [5, 5.41) is 0. The monoisotopic (exact) mass is 325 g/mol. The Morgan fingerprint density at radius 3 is 2.09 bits per heavy atom. The van der Waals surface area contributed by atoms with E-state index in [1.54, 1.807) is 26.2 Å². The van der Waals surface area contributed by atoms with Crippen LogP contribution < -0.4 is 19.1 Å². The van der Waals surface area contributed by atoms with Gasteiger partial charge in [0.05, 0.1) is 59.6 Å². The van der Waals surface area contributed by atoms with Crippen LogP contribution in [0.15, 0.2) is 12.1 Å². The third-order valence-electron chi connectivity index (χ3n) is 4.19. The molecule has 1 heterocycles. The molecule has 0 amide bonds. The molecule has 5 nitrogen and oxygen atoms in total. The predicted molar refractivity (Wildman–Crippen MR) is 90.6 cm³/mol. The fourth-order valence-corrected chi connectivity index (χ4v) is 3.09. The molecule has 0 aliphatic carbocycles. The van der Waals surface area contributed by atoms with Crippen LogP contribution in [-0.2, 0) is 0 Å². The molecule has 1 fully saturated rings. The van der Waals surface area contributed by atoms with Crippen molar-refractivity contribution in [1.29, 1.82) is 0 Å². The molecular weight excluding hydrogens is 300 g/mol. The van der Waals surface area contributed by atoms with E-state index in [1.165, 1.54) is 6.54 Å². The second-order valence-corrected chi connectivity index (χ2v) is 5.69. The number of methoxy groups -OCH3 is 3. The van der Waals surface area contributed by atoms with Gasteiger partial charge in [-0.25, -0.2) is 0 Å². The molecule has 6 heteroatoms. The van der Waals surface area contributed by atoms with Crippen LogP contribution in [0.25, 0.3) is 0 Å². The van der Waals surface area contributed by atoms with Gasteiger partial charge in [-0.05, 0) is 13.0 Å². The zero-order valence-electron chi connectivity index (χ0n) is 13.8. The second-order valence-electron chi connectivity index (χ2n) is 5.30. The van der Waals surface area contributed by atoms with Crippen LogP contribution in [0.4, 0.5) is 0 Å². The first-order valence-corrected chi connectivity index (χ1v) is 7.98. The first-order chi connectivity index (χ1) is 10.6. The van der Waals surface area contributed by atoms with Crippen molar-refractivity contribution in [1.82, 2.24) is 4.90 Å². The average Bonchev–Trinajstić information content (AvgIpc) is 2.59. The fourth-order valence-electron chi connectivity index (χ4n) is 2.75. The minimum atomic E-state index is 0.645. The minimum absolute atomic E-state index is 0.645. The molecule has 122 valence electrons. The Hall–Kier alpha value is -1.53. The highest BCUT2D eigenvalue weighted by molar-refractivity contribution is 7.80. The van der Waals surface area contributed by atoms with Gasteiger partial charge in [0, 0.05) is 6.07 Å². The number of rotatable bonds is 5. The highest BCUT2D eigenvalue weighted by Crippen LogP contribution is 2.35. The lowest BCUT2D eigenvalue weighted by atomic mass is 10.1. The van der Waals surface area contributed by atoms with Gasteiger partial charge >= 0.3 is 0 Å². The smallest absolute Gasteiger partial charge is 0.164 e. The van der Waals surface area contributed by atoms with E-state index in [1.807, 2.05) is 12.1 Å². The van der Waals surface area contributed by atoms with Crippen LogP contribution in [-0.4, -0.2) is 63.9 Å². The highest BCUT2D eigenvalue weighted by Gasteiger charge is 2.24. The summed E-state index contributed by atoms with van der Waals surface area (Å²) < 4.78 is 16.2. The van der Waals surface area contributed by atoms with Crippen molar-refractivity contribution in [3.63, 3.8) is 0 Å². The van der Waals surface area contributed by atoms with E-state index in [9.17, 15) is 0 Å². The first-order valence-electron chi connectivity index (χ1n) is 7.57. The molecule has 1 aromatic carbocycles. The van der Waals surface area contributed by atoms with Gasteiger partial charge in [0.15, 0.2) is 11.5 Å². The van der Waals surface area contributed by atoms with Gasteiger partial charge in [-0.2, -0.15) is 0 Å². The Bertz CT molecular complexity index is 528. The van der Waals surface area contributed by atoms with Crippen LogP contribution in [0.1, 0.15) is 12.5 Å². The molecule has 1 aliphatic heterocycles. The maximum Gasteiger partial charge on any atom is 0.164 e. The maximum absolute atomic E-state index is 5.70. The lowest BCUT2D eigenvalue weighted by Gasteiger charge is -2.33. The van der Waals surface area contributed by atoms with E-state index < -0.39 is 0 Å². The quantitative estimate of drug-likeness (QED) is 0.803. The van der Waals surface area contributed by atoms with Gasteiger partial charge in [0.1, 0.15) is 10.7 Å². The average molecular weight is 325 g/mol. The van der Waals surface area contributed by atoms with Gasteiger partial charge < -0.3 is 24.0 Å². The van der Waals surface area contributed by atoms with E-state index in [2.05, 4.69) is 11.8 Å². The van der Waals surface area contributed by atoms with Crippen molar-refractivity contribution in [3.8, 4) is 17.2 Å². The minimum Gasteiger partial charge on any atom is -0.496 e. The summed E-state index contributed by atoms with van der Waals surface area (Å²) in [5.41, 5.74) is 0.884. The summed E-state index contributed by atoms with van der Waals surface area (Å²) >= 11 is 5.70. The van der Waals surface area contributed by atoms with Crippen LogP contribution in [0.2, 0.25) is 0 Å². The van der Waals surface area contributed by atoms with Crippen molar-refractivity contribution >= 4 is 17.2 Å². The van der Waals surface area contributed by atoms with Crippen LogP contribution in [0.5, 0.6) is 17.2 Å². The predicted octanol–water partition coefficient (Wildman–Crippen LogP) is 0.608. The zero-order chi connectivity index (χ0) is 16.1. The number of nitrogens with zero attached hydrogens (tertiary/aromatic N) is 1. The molecule has 2 rings (SSSR count). The molecule has 0 saturated carbocycles. The van der Waals surface area contributed by atoms with E-state index in [4.69, 9.17) is 26.4 Å². The van der Waals surface area contributed by atoms with Crippen molar-refractivity contribution in [2.24, 2.45) is 0 Å². The Labute approximate surface area is 137 Å². The zero-order valence-corrected chi connectivity index (χ0v) is 14.6. The molecule has 0 aromatic heterocycles. The van der Waals surface area contributed by atoms with E-state index >= 15 is 0 Å². The van der Waals surface area contributed by atoms with Crippen molar-refractivity contribution in [2.45, 2.75) is 6.92 Å². The number of hydrogen-bond acceptors (Lipinski definition) is 4. The molecule has 0 bridgehead atoms. The number of hydrogen-bond donors (Lipinski definition) is 1. The standard InChI is InChI=1S/C16H24N2O3S/c1-5-17-6-8-18(9-7-17)16(22)12-10-14(20-3)15(21-4)11-13(12)19-2/h10-11H,5-9H2,1-4H3/p+1. The van der Waals surface area contributed by atoms with Gasteiger partial charge in [-0.1, -0.05) is 12.2 Å². The number of piperazine rings is 1. The Morgan fingerprint density at radius 2 is 1.59 bits per heavy atom. The molecule has 0 atom stereocenters. The summed E-state index contributed by atoms with van der Waals surface area (Å²) in [5.74, 6) is 2.03. The third kappa shape index (κ3) is 3.44. The second kappa shape index (κ2) is 7.65. The summed E-state index contributed by atoms with van der Waals surface area (Å²) in [7, 11) is 4.88. The lowest BCUT2D eigenvalue weighted by Crippen LogP contribution is -3.14. The van der Waals surface area contributed by atoms with Crippen LogP contribution in [0, 0.1) is 0 Å². The van der Waals surface area contributed by atoms with Gasteiger partial charge in [0.2, 0.25) is 0 Å². The van der Waals surface area contributed by atoms with Gasteiger partial charge in [-0.15, -0.1) is 0 Å². The van der Waals surface area contributed by atoms with Gasteiger partial charge in [0.25, 0.3) is 0 Å². The molecule has 1 aromatic rings. The summed E-state index contributed by atoms with van der Waals surface area (Å²) in [6.07, 6.45) is 0. The van der Waals surface area contributed by atoms with Crippen molar-refractivity contribution < 1.29 is 19.1 Å². The molecule has 0 unspecified atom stereocenters. The number of thiocarbonyl (C=S) groups is 1. The Morgan fingerprint density at radius 1 is 1.05 bits per heavy atom. The summed E-state index contributed by atoms with van der Waals surface area (Å²) in [4.78, 5) is 4.68. The maximum atomic E-state index is 5.70. The normalized spacial score (nSPS) is 15.5. The fraction of sp³-hybridized carbons (Fsp3) is 0.562. The lowest BCUT2D eigenvalue weighted by molar-refractivity contribution is -0.902. The van der Waals surface area contributed by atoms with Crippen molar-refractivity contribution in [2.75, 3.05) is 54.1 Å². The summed E-state index contributed by atoms with van der Waals surface area (Å²) in [6, 6.07) is 3.73. The molecular formula is C16H25N2O3S+. The number of likely N-dealkylation sites (N-methyl/N-ethyl adjacent to an activating group) is 1. The van der Waals surface area contributed by atoms with E-state index in [0.29, 0.717) is 17.2 Å². The number of nitrogens with one attached hydrogen (secondary N) is 1. The largest absolute Gasteiger partial charge is 0.496 e. The van der Waals surface area contributed by atoms with E-state index in [0.717, 1.165) is 36.7 Å². The topological polar surface area (TPSA) is 35.4 Å². The van der Waals surface area contributed by atoms with Crippen LogP contribution in [0.3, 0.4) is 0 Å². The van der Waals surface area contributed by atoms with Gasteiger partial charge in [-0.3, -0.25) is 0 Å². The number of benzene rings is 1. The Kier molecular flexibility index (Phi) is 5.85. The summed E-state index contributed by atoms with van der Waals surface area (Å²) in [6.45, 7) is 7.57.